The lowest BCUT2D eigenvalue weighted by Gasteiger charge is -2.22. The number of fused-ring (bicyclic) bond motifs is 3. The summed E-state index contributed by atoms with van der Waals surface area (Å²) in [5.41, 5.74) is -5.59. The van der Waals surface area contributed by atoms with Crippen LogP contribution in [0.15, 0.2) is 12.1 Å². The molecular formula is C25H4BF15O2. The Bertz CT molecular complexity index is 1750. The summed E-state index contributed by atoms with van der Waals surface area (Å²) in [7, 11) is -3.47. The third kappa shape index (κ3) is 4.33. The standard InChI is InChI=1S/C25H4BF15O2/c27-6-2-1-4-3-5-8(7(4)10(6)28)11(29)13(31)12(30)9(5)26(42-24-20(38)16(34)14(32)17(35)21(24)39)43-25-22(40)18(36)15(33)19(37)23(25)41/h1-2H,3H2. The van der Waals surface area contributed by atoms with E-state index in [0.717, 1.165) is 6.07 Å². The van der Waals surface area contributed by atoms with Gasteiger partial charge in [0.25, 0.3) is 0 Å². The molecule has 224 valence electrons. The number of hydrogen-bond acceptors (Lipinski definition) is 2. The zero-order valence-electron chi connectivity index (χ0n) is 19.9. The van der Waals surface area contributed by atoms with Crippen molar-refractivity contribution in [3.8, 4) is 22.6 Å². The van der Waals surface area contributed by atoms with E-state index in [0.29, 0.717) is 6.07 Å². The van der Waals surface area contributed by atoms with Crippen LogP contribution in [0.25, 0.3) is 11.1 Å². The molecule has 1 aliphatic rings. The normalized spacial score (nSPS) is 12.0. The Morgan fingerprint density at radius 1 is 0.419 bits per heavy atom. The second-order valence-electron chi connectivity index (χ2n) is 8.65. The first-order valence-corrected chi connectivity index (χ1v) is 11.1. The fourth-order valence-corrected chi connectivity index (χ4v) is 4.35. The summed E-state index contributed by atoms with van der Waals surface area (Å²) in [6.45, 7) is 0. The molecule has 0 heterocycles. The summed E-state index contributed by atoms with van der Waals surface area (Å²) in [5.74, 6) is -43.4. The van der Waals surface area contributed by atoms with Crippen molar-refractivity contribution in [1.29, 1.82) is 0 Å². The van der Waals surface area contributed by atoms with E-state index < -0.39 is 140 Å². The molecule has 0 bridgehead atoms. The molecule has 0 amide bonds. The molecule has 5 rings (SSSR count). The Labute approximate surface area is 228 Å². The molecule has 4 aromatic rings. The average molecular weight is 632 g/mol. The van der Waals surface area contributed by atoms with Gasteiger partial charge in [-0.1, -0.05) is 6.07 Å². The summed E-state index contributed by atoms with van der Waals surface area (Å²) in [5, 5.41) is 0. The maximum absolute atomic E-state index is 15.3. The average Bonchev–Trinajstić information content (AvgIpc) is 3.37. The Morgan fingerprint density at radius 2 is 0.814 bits per heavy atom. The van der Waals surface area contributed by atoms with Gasteiger partial charge in [-0.25, -0.2) is 48.3 Å². The Morgan fingerprint density at radius 3 is 1.26 bits per heavy atom. The van der Waals surface area contributed by atoms with Gasteiger partial charge >= 0.3 is 7.12 Å². The predicted molar refractivity (Wildman–Crippen MR) is 114 cm³/mol. The summed E-state index contributed by atoms with van der Waals surface area (Å²) in [4.78, 5) is 0. The van der Waals surface area contributed by atoms with Crippen LogP contribution in [-0.4, -0.2) is 7.12 Å². The first-order valence-electron chi connectivity index (χ1n) is 11.1. The zero-order chi connectivity index (χ0) is 31.8. The third-order valence-corrected chi connectivity index (χ3v) is 6.29. The highest BCUT2D eigenvalue weighted by Gasteiger charge is 2.45. The topological polar surface area (TPSA) is 18.5 Å². The second-order valence-corrected chi connectivity index (χ2v) is 8.65. The van der Waals surface area contributed by atoms with Crippen LogP contribution in [-0.2, 0) is 6.42 Å². The van der Waals surface area contributed by atoms with Crippen molar-refractivity contribution >= 4 is 12.6 Å². The maximum atomic E-state index is 15.3. The van der Waals surface area contributed by atoms with Crippen molar-refractivity contribution < 1.29 is 75.2 Å². The molecule has 0 fully saturated rings. The first kappa shape index (κ1) is 30.0. The van der Waals surface area contributed by atoms with Crippen molar-refractivity contribution in [2.45, 2.75) is 6.42 Å². The summed E-state index contributed by atoms with van der Waals surface area (Å²) in [6.07, 6.45) is -0.956. The first-order chi connectivity index (χ1) is 20.1. The van der Waals surface area contributed by atoms with Crippen LogP contribution in [0.3, 0.4) is 0 Å². The molecule has 0 saturated heterocycles. The minimum atomic E-state index is -3.47. The van der Waals surface area contributed by atoms with Gasteiger partial charge in [0.1, 0.15) is 0 Å². The van der Waals surface area contributed by atoms with Gasteiger partial charge in [0.2, 0.25) is 58.2 Å². The molecule has 0 N–H and O–H groups in total. The lowest BCUT2D eigenvalue weighted by molar-refractivity contribution is 0.315. The molecule has 0 unspecified atom stereocenters. The second kappa shape index (κ2) is 10.3. The van der Waals surface area contributed by atoms with Gasteiger partial charge in [-0.2, -0.15) is 17.6 Å². The summed E-state index contributed by atoms with van der Waals surface area (Å²) < 4.78 is 223. The van der Waals surface area contributed by atoms with Gasteiger partial charge in [0.05, 0.1) is 5.46 Å². The molecule has 0 aliphatic heterocycles. The molecule has 0 radical (unpaired) electrons. The van der Waals surface area contributed by atoms with Crippen molar-refractivity contribution in [3.05, 3.63) is 111 Å². The SMILES string of the molecule is Fc1ccc2c(c1F)-c1c(F)c(F)c(F)c(B(Oc3c(F)c(F)c(F)c(F)c3F)Oc3c(F)c(F)c(F)c(F)c3F)c1C2. The van der Waals surface area contributed by atoms with Gasteiger partial charge in [-0.15, -0.1) is 0 Å². The lowest BCUT2D eigenvalue weighted by atomic mass is 9.73. The Kier molecular flexibility index (Phi) is 7.21. The summed E-state index contributed by atoms with van der Waals surface area (Å²) in [6, 6.07) is 1.26. The fraction of sp³-hybridized carbons (Fsp3) is 0.0400. The zero-order valence-corrected chi connectivity index (χ0v) is 19.9. The predicted octanol–water partition coefficient (Wildman–Crippen LogP) is 7.20. The van der Waals surface area contributed by atoms with E-state index in [1.165, 1.54) is 0 Å². The summed E-state index contributed by atoms with van der Waals surface area (Å²) >= 11 is 0. The van der Waals surface area contributed by atoms with Crippen LogP contribution < -0.4 is 14.8 Å². The monoisotopic (exact) mass is 632 g/mol. The minimum Gasteiger partial charge on any atom is -0.517 e. The molecule has 0 saturated carbocycles. The molecule has 2 nitrogen and oxygen atoms in total. The Balaban J connectivity index is 1.83. The smallest absolute Gasteiger partial charge is 0.517 e. The number of halogens is 15. The minimum absolute atomic E-state index is 0.426. The van der Waals surface area contributed by atoms with Crippen LogP contribution in [0.1, 0.15) is 11.1 Å². The van der Waals surface area contributed by atoms with Crippen molar-refractivity contribution in [3.63, 3.8) is 0 Å². The van der Waals surface area contributed by atoms with Crippen LogP contribution in [0.2, 0.25) is 0 Å². The van der Waals surface area contributed by atoms with Crippen LogP contribution in [0.4, 0.5) is 65.9 Å². The van der Waals surface area contributed by atoms with Gasteiger partial charge in [-0.05, 0) is 23.6 Å². The van der Waals surface area contributed by atoms with Crippen molar-refractivity contribution in [2.24, 2.45) is 0 Å². The van der Waals surface area contributed by atoms with Gasteiger partial charge in [0, 0.05) is 11.1 Å². The Hall–Kier alpha value is -4.51. The van der Waals surface area contributed by atoms with Gasteiger partial charge in [-0.3, -0.25) is 0 Å². The number of hydrogen-bond donors (Lipinski definition) is 0. The van der Waals surface area contributed by atoms with E-state index in [4.69, 9.17) is 0 Å². The molecule has 43 heavy (non-hydrogen) atoms. The quantitative estimate of drug-likeness (QED) is 0.0885. The number of rotatable bonds is 5. The van der Waals surface area contributed by atoms with E-state index in [2.05, 4.69) is 9.31 Å². The fourth-order valence-electron chi connectivity index (χ4n) is 4.35. The molecule has 0 spiro atoms. The van der Waals surface area contributed by atoms with Crippen LogP contribution in [0, 0.1) is 87.3 Å². The molecule has 4 aromatic carbocycles. The third-order valence-electron chi connectivity index (χ3n) is 6.29. The maximum Gasteiger partial charge on any atom is 0.636 e. The van der Waals surface area contributed by atoms with E-state index in [-0.39, 0.29) is 0 Å². The molecule has 1 aliphatic carbocycles. The van der Waals surface area contributed by atoms with E-state index in [1.807, 2.05) is 0 Å². The van der Waals surface area contributed by atoms with E-state index in [1.54, 1.807) is 0 Å². The van der Waals surface area contributed by atoms with E-state index in [9.17, 15) is 61.5 Å². The highest BCUT2D eigenvalue weighted by atomic mass is 19.2. The lowest BCUT2D eigenvalue weighted by Crippen LogP contribution is -2.48. The van der Waals surface area contributed by atoms with Crippen molar-refractivity contribution in [1.82, 2.24) is 0 Å². The molecule has 0 atom stereocenters. The largest absolute Gasteiger partial charge is 0.636 e. The van der Waals surface area contributed by atoms with Crippen LogP contribution >= 0.6 is 0 Å². The molecular weight excluding hydrogens is 628 g/mol. The van der Waals surface area contributed by atoms with Gasteiger partial charge < -0.3 is 9.31 Å². The van der Waals surface area contributed by atoms with Crippen molar-refractivity contribution in [2.75, 3.05) is 0 Å². The van der Waals surface area contributed by atoms with E-state index >= 15 is 4.39 Å². The van der Waals surface area contributed by atoms with Gasteiger partial charge in [0.15, 0.2) is 40.6 Å². The van der Waals surface area contributed by atoms with Crippen LogP contribution in [0.5, 0.6) is 11.5 Å². The molecule has 0 aromatic heterocycles. The highest BCUT2D eigenvalue weighted by molar-refractivity contribution is 6.63. The number of benzene rings is 4. The molecule has 18 heteroatoms. The highest BCUT2D eigenvalue weighted by Crippen LogP contribution is 2.42.